The van der Waals surface area contributed by atoms with Gasteiger partial charge < -0.3 is 4.74 Å². The van der Waals surface area contributed by atoms with Crippen LogP contribution < -0.4 is 4.74 Å². The van der Waals surface area contributed by atoms with Crippen LogP contribution >= 0.6 is 0 Å². The molecule has 3 aromatic heterocycles. The molecule has 0 saturated heterocycles. The van der Waals surface area contributed by atoms with Gasteiger partial charge in [-0.1, -0.05) is 0 Å². The minimum absolute atomic E-state index is 0.383. The molecule has 6 nitrogen and oxygen atoms in total. The van der Waals surface area contributed by atoms with Crippen LogP contribution in [0.1, 0.15) is 0 Å². The molecule has 4 aromatic rings. The van der Waals surface area contributed by atoms with E-state index in [1.54, 1.807) is 58.3 Å². The fourth-order valence-corrected chi connectivity index (χ4v) is 2.49. The molecule has 0 radical (unpaired) electrons. The predicted molar refractivity (Wildman–Crippen MR) is 82.1 cm³/mol. The van der Waals surface area contributed by atoms with E-state index in [0.717, 1.165) is 5.56 Å². The van der Waals surface area contributed by atoms with Gasteiger partial charge in [0.25, 0.3) is 0 Å². The first-order chi connectivity index (χ1) is 11.3. The minimum atomic E-state index is -0.395. The zero-order valence-electron chi connectivity index (χ0n) is 12.2. The molecule has 0 unspecified atom stereocenters. The topological polar surface area (TPSA) is 57.2 Å². The minimum Gasteiger partial charge on any atom is -0.497 e. The van der Waals surface area contributed by atoms with Gasteiger partial charge in [-0.05, 0) is 18.2 Å². The lowest BCUT2D eigenvalue weighted by Gasteiger charge is -2.09. The van der Waals surface area contributed by atoms with Gasteiger partial charge in [0.2, 0.25) is 0 Å². The molecule has 0 fully saturated rings. The molecule has 0 aliphatic heterocycles. The Morgan fingerprint density at radius 1 is 1.13 bits per heavy atom. The van der Waals surface area contributed by atoms with Crippen molar-refractivity contribution in [1.29, 1.82) is 0 Å². The zero-order chi connectivity index (χ0) is 15.8. The fraction of sp³-hybridized carbons (Fsp3) is 0.0625. The summed E-state index contributed by atoms with van der Waals surface area (Å²) in [5.74, 6) is 0.640. The van der Waals surface area contributed by atoms with Crippen LogP contribution in [0.5, 0.6) is 5.75 Å². The number of imidazole rings is 1. The van der Waals surface area contributed by atoms with Crippen molar-refractivity contribution in [3.63, 3.8) is 0 Å². The molecular formula is C16H12FN5O. The first kappa shape index (κ1) is 13.4. The van der Waals surface area contributed by atoms with Crippen LogP contribution in [0, 0.1) is 5.82 Å². The number of nitrogens with zero attached hydrogens (tertiary/aromatic N) is 5. The van der Waals surface area contributed by atoms with Gasteiger partial charge in [-0.15, -0.1) is 0 Å². The number of hydrogen-bond donors (Lipinski definition) is 0. The smallest absolute Gasteiger partial charge is 0.165 e. The molecule has 0 amide bonds. The molecule has 0 atom stereocenters. The standard InChI is InChI=1S/C16H12FN5O/c1-23-11-3-4-14(13(17)9-11)21-8-6-19-15(21)12-10-20-22-7-2-5-18-16(12)22/h2-10H,1H3. The third kappa shape index (κ3) is 2.13. The third-order valence-electron chi connectivity index (χ3n) is 3.58. The summed E-state index contributed by atoms with van der Waals surface area (Å²) in [7, 11) is 1.50. The Morgan fingerprint density at radius 3 is 2.87 bits per heavy atom. The summed E-state index contributed by atoms with van der Waals surface area (Å²) in [5, 5.41) is 4.25. The molecule has 0 aliphatic carbocycles. The molecule has 0 saturated carbocycles. The van der Waals surface area contributed by atoms with Crippen molar-refractivity contribution < 1.29 is 9.13 Å². The average molecular weight is 309 g/mol. The van der Waals surface area contributed by atoms with Crippen molar-refractivity contribution in [1.82, 2.24) is 24.1 Å². The summed E-state index contributed by atoms with van der Waals surface area (Å²) in [6.07, 6.45) is 8.47. The van der Waals surface area contributed by atoms with Crippen LogP contribution in [0.3, 0.4) is 0 Å². The van der Waals surface area contributed by atoms with E-state index in [0.29, 0.717) is 22.9 Å². The molecule has 7 heteroatoms. The highest BCUT2D eigenvalue weighted by Gasteiger charge is 2.16. The second-order valence-corrected chi connectivity index (χ2v) is 4.88. The van der Waals surface area contributed by atoms with Crippen molar-refractivity contribution in [2.24, 2.45) is 0 Å². The number of methoxy groups -OCH3 is 1. The number of hydrogen-bond acceptors (Lipinski definition) is 4. The zero-order valence-corrected chi connectivity index (χ0v) is 12.2. The monoisotopic (exact) mass is 309 g/mol. The lowest BCUT2D eigenvalue weighted by Crippen LogP contribution is -2.00. The van der Waals surface area contributed by atoms with E-state index in [2.05, 4.69) is 15.1 Å². The molecule has 0 N–H and O–H groups in total. The van der Waals surface area contributed by atoms with Gasteiger partial charge in [0.05, 0.1) is 24.6 Å². The predicted octanol–water partition coefficient (Wildman–Crippen LogP) is 2.73. The Kier molecular flexibility index (Phi) is 3.04. The quantitative estimate of drug-likeness (QED) is 0.584. The van der Waals surface area contributed by atoms with Gasteiger partial charge >= 0.3 is 0 Å². The summed E-state index contributed by atoms with van der Waals surface area (Å²) < 4.78 is 22.7. The van der Waals surface area contributed by atoms with Crippen molar-refractivity contribution in [3.05, 3.63) is 61.1 Å². The van der Waals surface area contributed by atoms with Crippen LogP contribution in [0.4, 0.5) is 4.39 Å². The molecule has 4 rings (SSSR count). The molecule has 0 bridgehead atoms. The van der Waals surface area contributed by atoms with Crippen molar-refractivity contribution in [2.45, 2.75) is 0 Å². The number of ether oxygens (including phenoxy) is 1. The van der Waals surface area contributed by atoms with E-state index in [4.69, 9.17) is 4.74 Å². The molecule has 1 aromatic carbocycles. The third-order valence-corrected chi connectivity index (χ3v) is 3.58. The van der Waals surface area contributed by atoms with Gasteiger partial charge in [-0.2, -0.15) is 5.10 Å². The first-order valence-electron chi connectivity index (χ1n) is 6.94. The lowest BCUT2D eigenvalue weighted by molar-refractivity contribution is 0.411. The summed E-state index contributed by atoms with van der Waals surface area (Å²) >= 11 is 0. The molecule has 0 spiro atoms. The average Bonchev–Trinajstić information content (AvgIpc) is 3.20. The summed E-state index contributed by atoms with van der Waals surface area (Å²) in [6, 6.07) is 6.49. The lowest BCUT2D eigenvalue weighted by atomic mass is 10.2. The van der Waals surface area contributed by atoms with E-state index in [1.165, 1.54) is 13.2 Å². The van der Waals surface area contributed by atoms with E-state index in [9.17, 15) is 4.39 Å². The SMILES string of the molecule is COc1ccc(-n2ccnc2-c2cnn3cccnc23)c(F)c1. The summed E-state index contributed by atoms with van der Waals surface area (Å²) in [5.41, 5.74) is 1.77. The van der Waals surface area contributed by atoms with Gasteiger partial charge in [0.1, 0.15) is 11.6 Å². The molecular weight excluding hydrogens is 297 g/mol. The Hall–Kier alpha value is -3.22. The number of halogens is 1. The van der Waals surface area contributed by atoms with Crippen LogP contribution in [-0.2, 0) is 0 Å². The van der Waals surface area contributed by atoms with E-state index >= 15 is 0 Å². The van der Waals surface area contributed by atoms with E-state index < -0.39 is 5.82 Å². The summed E-state index contributed by atoms with van der Waals surface area (Å²) in [4.78, 5) is 8.66. The largest absolute Gasteiger partial charge is 0.497 e. The van der Waals surface area contributed by atoms with Gasteiger partial charge in [-0.3, -0.25) is 4.57 Å². The Bertz CT molecular complexity index is 991. The van der Waals surface area contributed by atoms with E-state index in [1.807, 2.05) is 0 Å². The highest BCUT2D eigenvalue weighted by atomic mass is 19.1. The maximum atomic E-state index is 14.4. The Balaban J connectivity index is 1.89. The van der Waals surface area contributed by atoms with Crippen molar-refractivity contribution in [2.75, 3.05) is 7.11 Å². The van der Waals surface area contributed by atoms with E-state index in [-0.39, 0.29) is 0 Å². The second-order valence-electron chi connectivity index (χ2n) is 4.88. The number of benzene rings is 1. The summed E-state index contributed by atoms with van der Waals surface area (Å²) in [6.45, 7) is 0. The van der Waals surface area contributed by atoms with Gasteiger partial charge in [-0.25, -0.2) is 18.9 Å². The highest BCUT2D eigenvalue weighted by molar-refractivity contribution is 5.73. The first-order valence-corrected chi connectivity index (χ1v) is 6.94. The maximum Gasteiger partial charge on any atom is 0.165 e. The molecule has 3 heterocycles. The Labute approximate surface area is 130 Å². The van der Waals surface area contributed by atoms with Crippen molar-refractivity contribution in [3.8, 4) is 22.8 Å². The molecule has 114 valence electrons. The van der Waals surface area contributed by atoms with Crippen LogP contribution in [0.15, 0.2) is 55.2 Å². The number of aromatic nitrogens is 5. The molecule has 0 aliphatic rings. The normalized spacial score (nSPS) is 11.0. The van der Waals surface area contributed by atoms with Gasteiger partial charge in [0, 0.05) is 30.9 Å². The Morgan fingerprint density at radius 2 is 2.04 bits per heavy atom. The number of rotatable bonds is 3. The van der Waals surface area contributed by atoms with Crippen LogP contribution in [-0.4, -0.2) is 31.3 Å². The van der Waals surface area contributed by atoms with Gasteiger partial charge in [0.15, 0.2) is 11.5 Å². The van der Waals surface area contributed by atoms with Crippen LogP contribution in [0.2, 0.25) is 0 Å². The number of fused-ring (bicyclic) bond motifs is 1. The maximum absolute atomic E-state index is 14.4. The second kappa shape index (κ2) is 5.20. The van der Waals surface area contributed by atoms with Crippen molar-refractivity contribution >= 4 is 5.65 Å². The fourth-order valence-electron chi connectivity index (χ4n) is 2.49. The molecule has 23 heavy (non-hydrogen) atoms. The highest BCUT2D eigenvalue weighted by Crippen LogP contribution is 2.27. The van der Waals surface area contributed by atoms with Crippen LogP contribution in [0.25, 0.3) is 22.7 Å².